The minimum Gasteiger partial charge on any atom is -0.496 e. The van der Waals surface area contributed by atoms with Gasteiger partial charge in [0.25, 0.3) is 0 Å². The molecule has 0 aliphatic carbocycles. The molecule has 0 aliphatic heterocycles. The van der Waals surface area contributed by atoms with Gasteiger partial charge in [-0.05, 0) is 35.0 Å². The quantitative estimate of drug-likeness (QED) is 0.748. The Kier molecular flexibility index (Phi) is 5.46. The predicted molar refractivity (Wildman–Crippen MR) is 91.9 cm³/mol. The van der Waals surface area contributed by atoms with Crippen molar-refractivity contribution in [3.63, 3.8) is 0 Å². The Labute approximate surface area is 142 Å². The normalized spacial score (nSPS) is 11.7. The highest BCUT2D eigenvalue weighted by Crippen LogP contribution is 2.29. The number of carbonyl (C=O) groups excluding carboxylic acids is 1. The highest BCUT2D eigenvalue weighted by Gasteiger charge is 2.22. The van der Waals surface area contributed by atoms with Crippen molar-refractivity contribution >= 4 is 26.8 Å². The number of hydrogen-bond acceptors (Lipinski definition) is 5. The molecule has 0 N–H and O–H groups in total. The fourth-order valence-electron chi connectivity index (χ4n) is 2.57. The van der Waals surface area contributed by atoms with Crippen LogP contribution in [0.25, 0.3) is 10.8 Å². The zero-order chi connectivity index (χ0) is 17.9. The molecule has 0 amide bonds. The summed E-state index contributed by atoms with van der Waals surface area (Å²) in [6, 6.07) is 8.11. The van der Waals surface area contributed by atoms with E-state index in [-0.39, 0.29) is 10.5 Å². The lowest BCUT2D eigenvalue weighted by Crippen LogP contribution is -2.30. The minimum atomic E-state index is -3.56. The van der Waals surface area contributed by atoms with Crippen molar-refractivity contribution in [2.24, 2.45) is 0 Å². The van der Waals surface area contributed by atoms with Crippen LogP contribution in [0.15, 0.2) is 35.2 Å². The van der Waals surface area contributed by atoms with Crippen LogP contribution >= 0.6 is 0 Å². The molecule has 130 valence electrons. The fraction of sp³-hybridized carbons (Fsp3) is 0.353. The summed E-state index contributed by atoms with van der Waals surface area (Å²) in [6.45, 7) is 4.38. The molecule has 0 fully saturated rings. The van der Waals surface area contributed by atoms with Crippen LogP contribution in [-0.4, -0.2) is 46.0 Å². The first-order valence-corrected chi connectivity index (χ1v) is 9.03. The molecule has 2 rings (SSSR count). The second-order valence-electron chi connectivity index (χ2n) is 5.14. The Morgan fingerprint density at radius 2 is 1.71 bits per heavy atom. The van der Waals surface area contributed by atoms with Crippen LogP contribution < -0.4 is 4.74 Å². The summed E-state index contributed by atoms with van der Waals surface area (Å²) >= 11 is 0. The maximum atomic E-state index is 12.6. The van der Waals surface area contributed by atoms with E-state index < -0.39 is 16.0 Å². The first kappa shape index (κ1) is 18.2. The molecule has 0 bridgehead atoms. The lowest BCUT2D eigenvalue weighted by Gasteiger charge is -2.19. The third-order valence-corrected chi connectivity index (χ3v) is 5.92. The molecule has 0 aliphatic rings. The fourth-order valence-corrected chi connectivity index (χ4v) is 4.06. The average Bonchev–Trinajstić information content (AvgIpc) is 2.60. The van der Waals surface area contributed by atoms with Crippen molar-refractivity contribution in [3.05, 3.63) is 35.9 Å². The van der Waals surface area contributed by atoms with Crippen molar-refractivity contribution in [2.45, 2.75) is 18.7 Å². The molecule has 0 radical (unpaired) electrons. The summed E-state index contributed by atoms with van der Waals surface area (Å²) in [7, 11) is -0.811. The first-order valence-electron chi connectivity index (χ1n) is 7.59. The summed E-state index contributed by atoms with van der Waals surface area (Å²) in [6.07, 6.45) is 0. The van der Waals surface area contributed by atoms with Crippen LogP contribution in [0.5, 0.6) is 5.75 Å². The Bertz CT molecular complexity index is 857. The van der Waals surface area contributed by atoms with Crippen molar-refractivity contribution in [2.75, 3.05) is 27.3 Å². The van der Waals surface area contributed by atoms with E-state index in [1.54, 1.807) is 44.2 Å². The number of methoxy groups -OCH3 is 2. The highest BCUT2D eigenvalue weighted by atomic mass is 32.2. The number of sulfonamides is 1. The van der Waals surface area contributed by atoms with Crippen LogP contribution in [0.2, 0.25) is 0 Å². The van der Waals surface area contributed by atoms with Gasteiger partial charge in [-0.25, -0.2) is 13.2 Å². The van der Waals surface area contributed by atoms with Crippen LogP contribution in [0.1, 0.15) is 24.2 Å². The molecule has 2 aromatic rings. The molecule has 7 heteroatoms. The Hall–Kier alpha value is -2.12. The number of benzene rings is 2. The van der Waals surface area contributed by atoms with Gasteiger partial charge in [0, 0.05) is 13.1 Å². The van der Waals surface area contributed by atoms with E-state index in [0.29, 0.717) is 24.2 Å². The molecular weight excluding hydrogens is 330 g/mol. The Morgan fingerprint density at radius 1 is 1.04 bits per heavy atom. The van der Waals surface area contributed by atoms with Crippen LogP contribution in [0.4, 0.5) is 0 Å². The molecule has 0 saturated heterocycles. The summed E-state index contributed by atoms with van der Waals surface area (Å²) in [4.78, 5) is 12.1. The number of nitrogens with zero attached hydrogens (tertiary/aromatic N) is 1. The molecule has 0 atom stereocenters. The van der Waals surface area contributed by atoms with Gasteiger partial charge < -0.3 is 9.47 Å². The van der Waals surface area contributed by atoms with E-state index in [0.717, 1.165) is 5.39 Å². The maximum Gasteiger partial charge on any atom is 0.341 e. The minimum absolute atomic E-state index is 0.194. The molecule has 0 saturated carbocycles. The highest BCUT2D eigenvalue weighted by molar-refractivity contribution is 7.89. The number of rotatable bonds is 6. The monoisotopic (exact) mass is 351 g/mol. The van der Waals surface area contributed by atoms with E-state index in [1.807, 2.05) is 0 Å². The van der Waals surface area contributed by atoms with Crippen molar-refractivity contribution in [1.82, 2.24) is 4.31 Å². The summed E-state index contributed by atoms with van der Waals surface area (Å²) in [5.41, 5.74) is 0.255. The zero-order valence-electron chi connectivity index (χ0n) is 14.2. The molecule has 0 spiro atoms. The zero-order valence-corrected chi connectivity index (χ0v) is 15.0. The maximum absolute atomic E-state index is 12.6. The van der Waals surface area contributed by atoms with Gasteiger partial charge in [-0.3, -0.25) is 0 Å². The molecule has 0 aromatic heterocycles. The van der Waals surface area contributed by atoms with Gasteiger partial charge in [0.2, 0.25) is 10.0 Å². The van der Waals surface area contributed by atoms with Crippen LogP contribution in [0, 0.1) is 0 Å². The van der Waals surface area contributed by atoms with Gasteiger partial charge in [0.05, 0.1) is 19.1 Å². The predicted octanol–water partition coefficient (Wildman–Crippen LogP) is 2.67. The third-order valence-electron chi connectivity index (χ3n) is 3.88. The summed E-state index contributed by atoms with van der Waals surface area (Å²) in [5, 5.41) is 1.41. The SMILES string of the molecule is CCN(CC)S(=O)(=O)c1ccc2cc(OC)c(C(=O)OC)cc2c1. The number of carbonyl (C=O) groups is 1. The van der Waals surface area contributed by atoms with E-state index in [9.17, 15) is 13.2 Å². The number of esters is 1. The van der Waals surface area contributed by atoms with E-state index in [2.05, 4.69) is 0 Å². The summed E-state index contributed by atoms with van der Waals surface area (Å²) in [5.74, 6) is -0.153. The van der Waals surface area contributed by atoms with Crippen LogP contribution in [0.3, 0.4) is 0 Å². The Balaban J connectivity index is 2.64. The van der Waals surface area contributed by atoms with Crippen molar-refractivity contribution in [3.8, 4) is 5.75 Å². The van der Waals surface area contributed by atoms with Crippen LogP contribution in [-0.2, 0) is 14.8 Å². The van der Waals surface area contributed by atoms with Crippen molar-refractivity contribution in [1.29, 1.82) is 0 Å². The van der Waals surface area contributed by atoms with Crippen molar-refractivity contribution < 1.29 is 22.7 Å². The van der Waals surface area contributed by atoms with Gasteiger partial charge >= 0.3 is 5.97 Å². The van der Waals surface area contributed by atoms with Gasteiger partial charge in [0.15, 0.2) is 0 Å². The average molecular weight is 351 g/mol. The second kappa shape index (κ2) is 7.19. The Morgan fingerprint density at radius 3 is 2.25 bits per heavy atom. The smallest absolute Gasteiger partial charge is 0.341 e. The molecule has 0 heterocycles. The van der Waals surface area contributed by atoms with Gasteiger partial charge in [-0.1, -0.05) is 19.9 Å². The number of fused-ring (bicyclic) bond motifs is 1. The summed E-state index contributed by atoms with van der Waals surface area (Å²) < 4.78 is 36.7. The molecule has 24 heavy (non-hydrogen) atoms. The van der Waals surface area contributed by atoms with Gasteiger partial charge in [0.1, 0.15) is 11.3 Å². The third kappa shape index (κ3) is 3.22. The molecule has 6 nitrogen and oxygen atoms in total. The molecule has 0 unspecified atom stereocenters. The second-order valence-corrected chi connectivity index (χ2v) is 7.08. The lowest BCUT2D eigenvalue weighted by molar-refractivity contribution is 0.0597. The topological polar surface area (TPSA) is 72.9 Å². The first-order chi connectivity index (χ1) is 11.4. The standard InChI is InChI=1S/C17H21NO5S/c1-5-18(6-2)24(20,21)14-8-7-12-11-16(22-3)15(17(19)23-4)10-13(12)9-14/h7-11H,5-6H2,1-4H3. The largest absolute Gasteiger partial charge is 0.496 e. The van der Waals surface area contributed by atoms with E-state index in [1.165, 1.54) is 18.5 Å². The van der Waals surface area contributed by atoms with E-state index in [4.69, 9.17) is 9.47 Å². The number of hydrogen-bond donors (Lipinski definition) is 0. The van der Waals surface area contributed by atoms with E-state index >= 15 is 0 Å². The lowest BCUT2D eigenvalue weighted by atomic mass is 10.1. The van der Waals surface area contributed by atoms with Gasteiger partial charge in [-0.2, -0.15) is 4.31 Å². The number of ether oxygens (including phenoxy) is 2. The molecular formula is C17H21NO5S. The van der Waals surface area contributed by atoms with Gasteiger partial charge in [-0.15, -0.1) is 0 Å². The molecule has 2 aromatic carbocycles.